The standard InChI is InChI=1S/C13H24O3/c1-5-10(2)8-11(3)6-7-12(15)13(9-14)16-4/h5-7,10-15H,1,8-9H2,2-4H3/b7-6+. The van der Waals surface area contributed by atoms with E-state index in [0.29, 0.717) is 11.8 Å². The Bertz CT molecular complexity index is 209. The molecule has 4 atom stereocenters. The van der Waals surface area contributed by atoms with Crippen molar-refractivity contribution in [2.24, 2.45) is 11.8 Å². The van der Waals surface area contributed by atoms with Crippen LogP contribution >= 0.6 is 0 Å². The molecule has 3 heteroatoms. The predicted molar refractivity (Wildman–Crippen MR) is 66.2 cm³/mol. The first kappa shape index (κ1) is 15.4. The van der Waals surface area contributed by atoms with Gasteiger partial charge in [0.1, 0.15) is 12.2 Å². The van der Waals surface area contributed by atoms with Gasteiger partial charge in [-0.3, -0.25) is 0 Å². The van der Waals surface area contributed by atoms with Crippen LogP contribution in [0.4, 0.5) is 0 Å². The molecule has 0 aliphatic rings. The third kappa shape index (κ3) is 6.05. The van der Waals surface area contributed by atoms with E-state index in [1.165, 1.54) is 7.11 Å². The molecule has 0 rings (SSSR count). The molecule has 2 N–H and O–H groups in total. The van der Waals surface area contributed by atoms with Crippen LogP contribution in [0.1, 0.15) is 20.3 Å². The highest BCUT2D eigenvalue weighted by Crippen LogP contribution is 2.14. The summed E-state index contributed by atoms with van der Waals surface area (Å²) in [5.41, 5.74) is 0. The van der Waals surface area contributed by atoms with Gasteiger partial charge in [0.05, 0.1) is 6.61 Å². The monoisotopic (exact) mass is 228 g/mol. The topological polar surface area (TPSA) is 49.7 Å². The predicted octanol–water partition coefficient (Wildman–Crippen LogP) is 1.76. The molecule has 16 heavy (non-hydrogen) atoms. The van der Waals surface area contributed by atoms with E-state index in [0.717, 1.165) is 6.42 Å². The number of aliphatic hydroxyl groups excluding tert-OH is 2. The molecule has 0 saturated carbocycles. The van der Waals surface area contributed by atoms with Crippen molar-refractivity contribution < 1.29 is 14.9 Å². The molecule has 0 aliphatic heterocycles. The van der Waals surface area contributed by atoms with Crippen LogP contribution < -0.4 is 0 Å². The molecule has 0 heterocycles. The van der Waals surface area contributed by atoms with Gasteiger partial charge in [0, 0.05) is 7.11 Å². The molecule has 0 fully saturated rings. The van der Waals surface area contributed by atoms with Crippen LogP contribution in [-0.4, -0.2) is 36.1 Å². The van der Waals surface area contributed by atoms with E-state index in [2.05, 4.69) is 20.4 Å². The van der Waals surface area contributed by atoms with Crippen LogP contribution in [0.2, 0.25) is 0 Å². The number of hydrogen-bond donors (Lipinski definition) is 2. The van der Waals surface area contributed by atoms with Crippen molar-refractivity contribution in [1.82, 2.24) is 0 Å². The van der Waals surface area contributed by atoms with Crippen LogP contribution in [0.25, 0.3) is 0 Å². The highest BCUT2D eigenvalue weighted by molar-refractivity contribution is 4.96. The highest BCUT2D eigenvalue weighted by Gasteiger charge is 2.14. The van der Waals surface area contributed by atoms with Gasteiger partial charge >= 0.3 is 0 Å². The van der Waals surface area contributed by atoms with E-state index < -0.39 is 12.2 Å². The summed E-state index contributed by atoms with van der Waals surface area (Å²) in [7, 11) is 1.47. The Kier molecular flexibility index (Phi) is 8.16. The summed E-state index contributed by atoms with van der Waals surface area (Å²) in [5, 5.41) is 18.6. The fourth-order valence-corrected chi connectivity index (χ4v) is 1.51. The first-order chi connectivity index (χ1) is 7.54. The van der Waals surface area contributed by atoms with Crippen molar-refractivity contribution in [3.8, 4) is 0 Å². The van der Waals surface area contributed by atoms with E-state index in [-0.39, 0.29) is 6.61 Å². The molecule has 0 aromatic heterocycles. The number of methoxy groups -OCH3 is 1. The van der Waals surface area contributed by atoms with Crippen molar-refractivity contribution in [1.29, 1.82) is 0 Å². The lowest BCUT2D eigenvalue weighted by atomic mass is 9.96. The second kappa shape index (κ2) is 8.50. The second-order valence-electron chi connectivity index (χ2n) is 4.26. The average molecular weight is 228 g/mol. The van der Waals surface area contributed by atoms with Gasteiger partial charge in [-0.25, -0.2) is 0 Å². The average Bonchev–Trinajstić information content (AvgIpc) is 2.27. The van der Waals surface area contributed by atoms with E-state index in [1.807, 2.05) is 12.2 Å². The number of aliphatic hydroxyl groups is 2. The largest absolute Gasteiger partial charge is 0.394 e. The molecule has 0 aliphatic carbocycles. The molecule has 0 aromatic rings. The Morgan fingerprint density at radius 1 is 1.25 bits per heavy atom. The summed E-state index contributed by atoms with van der Waals surface area (Å²) in [4.78, 5) is 0. The maximum Gasteiger partial charge on any atom is 0.110 e. The Labute approximate surface area is 98.4 Å². The maximum atomic E-state index is 9.66. The molecule has 0 bridgehead atoms. The van der Waals surface area contributed by atoms with Gasteiger partial charge in [-0.1, -0.05) is 32.1 Å². The maximum absolute atomic E-state index is 9.66. The lowest BCUT2D eigenvalue weighted by Gasteiger charge is -2.17. The van der Waals surface area contributed by atoms with Gasteiger partial charge in [0.15, 0.2) is 0 Å². The molecule has 3 nitrogen and oxygen atoms in total. The van der Waals surface area contributed by atoms with Crippen LogP contribution in [0.3, 0.4) is 0 Å². The fraction of sp³-hybridized carbons (Fsp3) is 0.692. The van der Waals surface area contributed by atoms with Gasteiger partial charge in [-0.15, -0.1) is 6.58 Å². The lowest BCUT2D eigenvalue weighted by Crippen LogP contribution is -2.29. The Balaban J connectivity index is 4.10. The van der Waals surface area contributed by atoms with E-state index >= 15 is 0 Å². The van der Waals surface area contributed by atoms with Gasteiger partial charge in [-0.05, 0) is 18.3 Å². The first-order valence-electron chi connectivity index (χ1n) is 5.67. The third-order valence-corrected chi connectivity index (χ3v) is 2.65. The van der Waals surface area contributed by atoms with Crippen molar-refractivity contribution in [2.45, 2.75) is 32.5 Å². The van der Waals surface area contributed by atoms with Gasteiger partial charge in [0.2, 0.25) is 0 Å². The van der Waals surface area contributed by atoms with Crippen LogP contribution in [-0.2, 0) is 4.74 Å². The van der Waals surface area contributed by atoms with Crippen LogP contribution in [0, 0.1) is 11.8 Å². The molecule has 0 saturated heterocycles. The molecule has 4 unspecified atom stereocenters. The SMILES string of the molecule is C=CC(C)CC(C)/C=C/C(O)C(CO)OC. The molecular weight excluding hydrogens is 204 g/mol. The number of hydrogen-bond acceptors (Lipinski definition) is 3. The highest BCUT2D eigenvalue weighted by atomic mass is 16.5. The third-order valence-electron chi connectivity index (χ3n) is 2.65. The van der Waals surface area contributed by atoms with Gasteiger partial charge in [0.25, 0.3) is 0 Å². The zero-order valence-corrected chi connectivity index (χ0v) is 10.5. The van der Waals surface area contributed by atoms with E-state index in [9.17, 15) is 5.11 Å². The Morgan fingerprint density at radius 3 is 2.31 bits per heavy atom. The molecule has 0 radical (unpaired) electrons. The summed E-state index contributed by atoms with van der Waals surface area (Å²) >= 11 is 0. The van der Waals surface area contributed by atoms with Crippen molar-refractivity contribution >= 4 is 0 Å². The first-order valence-corrected chi connectivity index (χ1v) is 5.67. The zero-order chi connectivity index (χ0) is 12.6. The van der Waals surface area contributed by atoms with E-state index in [4.69, 9.17) is 9.84 Å². The quantitative estimate of drug-likeness (QED) is 0.622. The normalized spacial score (nSPS) is 19.3. The fourth-order valence-electron chi connectivity index (χ4n) is 1.51. The summed E-state index contributed by atoms with van der Waals surface area (Å²) in [5.74, 6) is 0.840. The number of ether oxygens (including phenoxy) is 1. The minimum Gasteiger partial charge on any atom is -0.394 e. The minimum absolute atomic E-state index is 0.181. The van der Waals surface area contributed by atoms with E-state index in [1.54, 1.807) is 6.08 Å². The molecular formula is C13H24O3. The minimum atomic E-state index is -0.753. The number of allylic oxidation sites excluding steroid dienone is 2. The van der Waals surface area contributed by atoms with Crippen molar-refractivity contribution in [3.63, 3.8) is 0 Å². The number of rotatable bonds is 8. The Morgan fingerprint density at radius 2 is 1.88 bits per heavy atom. The zero-order valence-electron chi connectivity index (χ0n) is 10.5. The van der Waals surface area contributed by atoms with Gasteiger partial charge < -0.3 is 14.9 Å². The second-order valence-corrected chi connectivity index (χ2v) is 4.26. The lowest BCUT2D eigenvalue weighted by molar-refractivity contribution is -0.0211. The summed E-state index contributed by atoms with van der Waals surface area (Å²) in [6, 6.07) is 0. The van der Waals surface area contributed by atoms with Crippen molar-refractivity contribution in [2.75, 3.05) is 13.7 Å². The molecule has 0 spiro atoms. The van der Waals surface area contributed by atoms with Crippen LogP contribution in [0.5, 0.6) is 0 Å². The Hall–Kier alpha value is -0.640. The molecule has 94 valence electrons. The van der Waals surface area contributed by atoms with Crippen LogP contribution in [0.15, 0.2) is 24.8 Å². The molecule has 0 amide bonds. The van der Waals surface area contributed by atoms with Crippen molar-refractivity contribution in [3.05, 3.63) is 24.8 Å². The van der Waals surface area contributed by atoms with Gasteiger partial charge in [-0.2, -0.15) is 0 Å². The smallest absolute Gasteiger partial charge is 0.110 e. The summed E-state index contributed by atoms with van der Waals surface area (Å²) in [6.07, 6.45) is 5.27. The molecule has 0 aromatic carbocycles. The summed E-state index contributed by atoms with van der Waals surface area (Å²) in [6.45, 7) is 7.75. The summed E-state index contributed by atoms with van der Waals surface area (Å²) < 4.78 is 4.93.